The van der Waals surface area contributed by atoms with E-state index in [1.165, 1.54) is 21.9 Å². The average Bonchev–Trinajstić information content (AvgIpc) is 3.95. The highest BCUT2D eigenvalue weighted by Gasteiger charge is 2.48. The minimum Gasteiger partial charge on any atom is -0.464 e. The summed E-state index contributed by atoms with van der Waals surface area (Å²) >= 11 is 1.17. The fourth-order valence-corrected chi connectivity index (χ4v) is 12.1. The van der Waals surface area contributed by atoms with Gasteiger partial charge in [0.05, 0.1) is 43.0 Å². The minimum atomic E-state index is -2.87. The molecule has 6 bridgehead atoms. The molecule has 5 aromatic rings. The lowest BCUT2D eigenvalue weighted by atomic mass is 9.82. The number of nitrogens with zero attached hydrogens (tertiary/aromatic N) is 6. The van der Waals surface area contributed by atoms with Gasteiger partial charge in [-0.25, -0.2) is 19.2 Å². The number of hydrogen-bond acceptors (Lipinski definition) is 13. The number of aromatic nitrogens is 4. The molecule has 8 heterocycles. The number of methoxy groups -OCH3 is 1. The third kappa shape index (κ3) is 10.2. The molecule has 3 saturated heterocycles. The largest absolute Gasteiger partial charge is 0.464 e. The van der Waals surface area contributed by atoms with Gasteiger partial charge in [0, 0.05) is 95.5 Å². The Bertz CT molecular complexity index is 2750. The predicted molar refractivity (Wildman–Crippen MR) is 264 cm³/mol. The number of aryl methyl sites for hydroxylation is 1. The van der Waals surface area contributed by atoms with Gasteiger partial charge >= 0.3 is 5.97 Å². The molecule has 1 aliphatic carbocycles. The summed E-state index contributed by atoms with van der Waals surface area (Å²) in [7, 11) is 1.70. The van der Waals surface area contributed by atoms with Gasteiger partial charge in [0.2, 0.25) is 5.91 Å². The second-order valence-electron chi connectivity index (χ2n) is 20.5. The van der Waals surface area contributed by atoms with Crippen LogP contribution >= 0.6 is 11.3 Å². The summed E-state index contributed by atoms with van der Waals surface area (Å²) in [6.45, 7) is 11.7. The number of ether oxygens (including phenoxy) is 4. The van der Waals surface area contributed by atoms with Crippen molar-refractivity contribution in [2.24, 2.45) is 11.3 Å². The SMILES string of the molecule is CCn1c(-c2cc([C@@H]3CCN4CCOCC4C3)cnc2[C@H](C)OC)c2c3cc(ccc31)-c1csc(n1)[C@@H](OCC(F)F)[C@H](NC(=O)[C@@H]1C[C@H]1c1ccccn1)C(=O)N1CCC[C@H](N1)C(=O)OCC(C)(C)C2. The van der Waals surface area contributed by atoms with Gasteiger partial charge in [-0.2, -0.15) is 0 Å². The highest BCUT2D eigenvalue weighted by molar-refractivity contribution is 7.10. The summed E-state index contributed by atoms with van der Waals surface area (Å²) in [5, 5.41) is 7.25. The van der Waals surface area contributed by atoms with Crippen LogP contribution < -0.4 is 10.7 Å². The Morgan fingerprint density at radius 3 is 2.73 bits per heavy atom. The number of hydrazine groups is 1. The van der Waals surface area contributed by atoms with Gasteiger partial charge in [0.25, 0.3) is 12.3 Å². The second kappa shape index (κ2) is 20.7. The Labute approximate surface area is 417 Å². The Balaban J connectivity index is 1.09. The van der Waals surface area contributed by atoms with Crippen LogP contribution in [0.25, 0.3) is 33.4 Å². The zero-order valence-electron chi connectivity index (χ0n) is 41.1. The van der Waals surface area contributed by atoms with Crippen molar-refractivity contribution in [1.29, 1.82) is 0 Å². The third-order valence-electron chi connectivity index (χ3n) is 15.1. The molecule has 10 rings (SSSR count). The molecule has 0 radical (unpaired) electrons. The van der Waals surface area contributed by atoms with E-state index in [9.17, 15) is 23.2 Å². The smallest absolute Gasteiger partial charge is 0.324 e. The third-order valence-corrected chi connectivity index (χ3v) is 16.0. The number of carbonyl (C=O) groups excluding carboxylic acids is 3. The molecule has 71 heavy (non-hydrogen) atoms. The van der Waals surface area contributed by atoms with E-state index in [-0.39, 0.29) is 30.2 Å². The highest BCUT2D eigenvalue weighted by Crippen LogP contribution is 2.48. The molecule has 15 nitrogen and oxygen atoms in total. The number of hydrogen-bond donors (Lipinski definition) is 2. The number of piperidine rings is 1. The van der Waals surface area contributed by atoms with Gasteiger partial charge in [-0.15, -0.1) is 11.3 Å². The standard InChI is InChI=1S/C53H64F2N8O7S/c1-6-62-43-13-12-32-21-36(43)39(47(62)38-22-33(25-57-45(38)30(2)67-5)31-14-17-61-18-19-68-26-34(61)20-31)24-53(3,4)29-70-52(66)41-11-9-16-63(60-41)51(65)46(48(69-27-44(54)55)50-58-42(32)28-71-50)59-49(64)37-23-35(37)40-10-7-8-15-56-40/h7-8,10,12-13,15,21-22,25,28,30-31,34-35,37,41,44,46,48,60H,6,9,11,14,16-20,23-24,26-27,29H2,1-5H3,(H,59,64)/t30-,31+,34?,35+,37+,41-,46-,48-/m0/s1. The maximum Gasteiger partial charge on any atom is 0.324 e. The number of cyclic esters (lactones) is 1. The van der Waals surface area contributed by atoms with Crippen LogP contribution in [0, 0.1) is 11.3 Å². The monoisotopic (exact) mass is 994 g/mol. The number of amides is 2. The van der Waals surface area contributed by atoms with Crippen LogP contribution in [0.2, 0.25) is 0 Å². The maximum atomic E-state index is 14.8. The van der Waals surface area contributed by atoms with Crippen LogP contribution in [-0.4, -0.2) is 125 Å². The van der Waals surface area contributed by atoms with E-state index >= 15 is 0 Å². The molecule has 4 aliphatic heterocycles. The molecule has 378 valence electrons. The Kier molecular flexibility index (Phi) is 14.4. The van der Waals surface area contributed by atoms with Crippen molar-refractivity contribution in [3.8, 4) is 22.5 Å². The number of morpholine rings is 1. The van der Waals surface area contributed by atoms with Crippen LogP contribution in [0.5, 0.6) is 0 Å². The number of carbonyl (C=O) groups is 3. The maximum absolute atomic E-state index is 14.8. The first-order valence-corrected chi connectivity index (χ1v) is 26.0. The first-order valence-electron chi connectivity index (χ1n) is 25.1. The summed E-state index contributed by atoms with van der Waals surface area (Å²) in [5.74, 6) is -1.96. The highest BCUT2D eigenvalue weighted by atomic mass is 32.1. The number of esters is 1. The molecule has 18 heteroatoms. The molecular formula is C53H64F2N8O7S. The lowest BCUT2D eigenvalue weighted by Crippen LogP contribution is -2.61. The van der Waals surface area contributed by atoms with Crippen molar-refractivity contribution in [3.63, 3.8) is 0 Å². The van der Waals surface area contributed by atoms with Gasteiger partial charge in [-0.05, 0) is 106 Å². The van der Waals surface area contributed by atoms with E-state index in [1.807, 2.05) is 36.7 Å². The molecule has 1 unspecified atom stereocenters. The summed E-state index contributed by atoms with van der Waals surface area (Å²) in [4.78, 5) is 60.2. The van der Waals surface area contributed by atoms with Crippen LogP contribution in [0.4, 0.5) is 8.78 Å². The lowest BCUT2D eigenvalue weighted by molar-refractivity contribution is -0.157. The van der Waals surface area contributed by atoms with Gasteiger partial charge in [0.1, 0.15) is 29.8 Å². The van der Waals surface area contributed by atoms with Crippen LogP contribution in [0.1, 0.15) is 111 Å². The van der Waals surface area contributed by atoms with Crippen molar-refractivity contribution in [2.45, 2.75) is 121 Å². The Morgan fingerprint density at radius 1 is 1.08 bits per heavy atom. The molecule has 1 saturated carbocycles. The van der Waals surface area contributed by atoms with Crippen LogP contribution in [-0.2, 0) is 46.3 Å². The fraction of sp³-hybridized carbons (Fsp3) is 0.547. The predicted octanol–water partition coefficient (Wildman–Crippen LogP) is 7.76. The van der Waals surface area contributed by atoms with E-state index in [4.69, 9.17) is 28.9 Å². The first kappa shape index (κ1) is 49.3. The van der Waals surface area contributed by atoms with E-state index < -0.39 is 60.3 Å². The normalized spacial score (nSPS) is 26.4. The van der Waals surface area contributed by atoms with E-state index in [2.05, 4.69) is 64.2 Å². The van der Waals surface area contributed by atoms with E-state index in [0.717, 1.165) is 83.8 Å². The summed E-state index contributed by atoms with van der Waals surface area (Å²) < 4.78 is 54.7. The zero-order chi connectivity index (χ0) is 49.6. The molecule has 4 fully saturated rings. The Morgan fingerprint density at radius 2 is 1.94 bits per heavy atom. The number of rotatable bonds is 11. The molecule has 0 spiro atoms. The van der Waals surface area contributed by atoms with Crippen molar-refractivity contribution in [1.82, 2.24) is 40.2 Å². The summed E-state index contributed by atoms with van der Waals surface area (Å²) in [6.07, 6.45) is 2.97. The number of benzene rings is 1. The fourth-order valence-electron chi connectivity index (χ4n) is 11.2. The number of halogens is 2. The van der Waals surface area contributed by atoms with Crippen molar-refractivity contribution in [2.75, 3.05) is 53.2 Å². The second-order valence-corrected chi connectivity index (χ2v) is 21.4. The Hall–Kier alpha value is -5.24. The van der Waals surface area contributed by atoms with Crippen LogP contribution in [0.3, 0.4) is 0 Å². The zero-order valence-corrected chi connectivity index (χ0v) is 41.9. The lowest BCUT2D eigenvalue weighted by Gasteiger charge is -2.42. The van der Waals surface area contributed by atoms with Crippen LogP contribution in [0.15, 0.2) is 60.2 Å². The topological polar surface area (TPSA) is 162 Å². The van der Waals surface area contributed by atoms with Gasteiger partial charge in [0.15, 0.2) is 0 Å². The molecule has 8 atom stereocenters. The van der Waals surface area contributed by atoms with Crippen molar-refractivity contribution < 1.29 is 42.1 Å². The molecule has 5 aliphatic rings. The number of nitrogens with one attached hydrogen (secondary N) is 2. The first-order chi connectivity index (χ1) is 34.3. The van der Waals surface area contributed by atoms with Gasteiger partial charge < -0.3 is 28.8 Å². The van der Waals surface area contributed by atoms with E-state index in [1.54, 1.807) is 19.4 Å². The van der Waals surface area contributed by atoms with Crippen molar-refractivity contribution >= 4 is 40.0 Å². The quantitative estimate of drug-likeness (QED) is 0.124. The number of alkyl halides is 2. The molecule has 2 amide bonds. The number of thiazole rings is 1. The van der Waals surface area contributed by atoms with Crippen molar-refractivity contribution in [3.05, 3.63) is 87.8 Å². The molecule has 2 N–H and O–H groups in total. The number of pyridine rings is 2. The molecule has 4 aromatic heterocycles. The summed E-state index contributed by atoms with van der Waals surface area (Å²) in [5.41, 5.74) is 10.6. The molecule has 1 aromatic carbocycles. The van der Waals surface area contributed by atoms with Gasteiger partial charge in [-0.1, -0.05) is 26.0 Å². The van der Waals surface area contributed by atoms with E-state index in [0.29, 0.717) is 49.9 Å². The number of fused-ring (bicyclic) bond motifs is 7. The average molecular weight is 995 g/mol. The minimum absolute atomic E-state index is 0.0774. The summed E-state index contributed by atoms with van der Waals surface area (Å²) in [6, 6.07) is 12.0. The molecular weight excluding hydrogens is 931 g/mol. The van der Waals surface area contributed by atoms with Gasteiger partial charge in [-0.3, -0.25) is 34.3 Å².